The van der Waals surface area contributed by atoms with Gasteiger partial charge in [-0.3, -0.25) is 4.79 Å². The lowest BCUT2D eigenvalue weighted by molar-refractivity contribution is -0.138. The summed E-state index contributed by atoms with van der Waals surface area (Å²) >= 11 is 0. The van der Waals surface area contributed by atoms with Crippen molar-refractivity contribution in [3.8, 4) is 16.9 Å². The van der Waals surface area contributed by atoms with E-state index in [0.717, 1.165) is 25.2 Å². The van der Waals surface area contributed by atoms with E-state index in [2.05, 4.69) is 67.6 Å². The van der Waals surface area contributed by atoms with Gasteiger partial charge in [0.05, 0.1) is 5.92 Å². The van der Waals surface area contributed by atoms with Crippen LogP contribution in [-0.2, 0) is 11.2 Å². The molecule has 1 aliphatic rings. The second kappa shape index (κ2) is 16.4. The van der Waals surface area contributed by atoms with Crippen molar-refractivity contribution in [2.75, 3.05) is 0 Å². The molecule has 0 bridgehead atoms. The van der Waals surface area contributed by atoms with Crippen LogP contribution in [0.5, 0.6) is 5.75 Å². The molecule has 2 nitrogen and oxygen atoms in total. The predicted molar refractivity (Wildman–Crippen MR) is 169 cm³/mol. The van der Waals surface area contributed by atoms with Gasteiger partial charge in [0, 0.05) is 0 Å². The Labute approximate surface area is 243 Å². The van der Waals surface area contributed by atoms with Gasteiger partial charge in [0.2, 0.25) is 0 Å². The Kier molecular flexibility index (Phi) is 12.3. The maximum absolute atomic E-state index is 12.7. The van der Waals surface area contributed by atoms with Crippen molar-refractivity contribution in [3.63, 3.8) is 0 Å². The van der Waals surface area contributed by atoms with Crippen LogP contribution >= 0.6 is 0 Å². The van der Waals surface area contributed by atoms with Gasteiger partial charge in [0.25, 0.3) is 0 Å². The Morgan fingerprint density at radius 1 is 0.750 bits per heavy atom. The number of unbranched alkanes of at least 4 members (excludes halogenated alkanes) is 5. The van der Waals surface area contributed by atoms with E-state index < -0.39 is 0 Å². The van der Waals surface area contributed by atoms with Crippen LogP contribution in [0.4, 0.5) is 0 Å². The van der Waals surface area contributed by atoms with E-state index in [1.54, 1.807) is 0 Å². The van der Waals surface area contributed by atoms with Crippen LogP contribution in [0.25, 0.3) is 11.1 Å². The smallest absolute Gasteiger partial charge is 0.314 e. The van der Waals surface area contributed by atoms with Crippen LogP contribution in [0, 0.1) is 11.8 Å². The molecule has 1 atom stereocenters. The maximum Gasteiger partial charge on any atom is 0.314 e. The molecule has 0 aromatic heterocycles. The van der Waals surface area contributed by atoms with Gasteiger partial charge in [0.15, 0.2) is 0 Å². The monoisotopic (exact) mass is 538 g/mol. The average molecular weight is 539 g/mol. The normalized spacial score (nSPS) is 17.9. The fourth-order valence-corrected chi connectivity index (χ4v) is 6.25. The summed E-state index contributed by atoms with van der Waals surface area (Å²) < 4.78 is 5.74. The molecule has 3 aromatic carbocycles. The topological polar surface area (TPSA) is 26.3 Å². The Morgan fingerprint density at radius 3 is 2.10 bits per heavy atom. The summed E-state index contributed by atoms with van der Waals surface area (Å²) in [6, 6.07) is 27.6. The van der Waals surface area contributed by atoms with Crippen molar-refractivity contribution in [2.45, 2.75) is 110 Å². The molecule has 0 heterocycles. The van der Waals surface area contributed by atoms with Crippen LogP contribution in [0.15, 0.2) is 78.9 Å². The summed E-state index contributed by atoms with van der Waals surface area (Å²) in [6.07, 6.45) is 17.9. The Morgan fingerprint density at radius 2 is 1.40 bits per heavy atom. The molecular weight excluding hydrogens is 488 g/mol. The molecule has 1 unspecified atom stereocenters. The van der Waals surface area contributed by atoms with Crippen molar-refractivity contribution >= 4 is 5.97 Å². The molecule has 1 aliphatic carbocycles. The summed E-state index contributed by atoms with van der Waals surface area (Å²) in [5, 5.41) is 0. The molecule has 1 fully saturated rings. The molecular formula is C38H50O2. The van der Waals surface area contributed by atoms with Gasteiger partial charge < -0.3 is 4.74 Å². The number of hydrogen-bond donors (Lipinski definition) is 0. The first-order valence-corrected chi connectivity index (χ1v) is 16.1. The summed E-state index contributed by atoms with van der Waals surface area (Å²) in [6.45, 7) is 4.27. The summed E-state index contributed by atoms with van der Waals surface area (Å²) in [4.78, 5) is 12.7. The molecule has 0 aliphatic heterocycles. The first-order chi connectivity index (χ1) is 19.6. The lowest BCUT2D eigenvalue weighted by atomic mass is 9.77. The highest BCUT2D eigenvalue weighted by Gasteiger charge is 2.22. The summed E-state index contributed by atoms with van der Waals surface area (Å²) in [5.74, 6) is 2.03. The van der Waals surface area contributed by atoms with E-state index in [0.29, 0.717) is 11.7 Å². The summed E-state index contributed by atoms with van der Waals surface area (Å²) in [5.41, 5.74) is 5.20. The van der Waals surface area contributed by atoms with Crippen LogP contribution in [0.1, 0.15) is 114 Å². The van der Waals surface area contributed by atoms with Crippen molar-refractivity contribution in [1.29, 1.82) is 0 Å². The third kappa shape index (κ3) is 9.65. The SMILES string of the molecule is CCCCCCCC[C@H]1CC[C@H](c2ccc(OC(=O)C(C)CCCc3ccc(-c4ccccc4)cc3)cc2)CC1. The van der Waals surface area contributed by atoms with Gasteiger partial charge in [-0.2, -0.15) is 0 Å². The number of carbonyl (C=O) groups is 1. The van der Waals surface area contributed by atoms with E-state index in [1.165, 1.54) is 92.9 Å². The lowest BCUT2D eigenvalue weighted by Gasteiger charge is -2.29. The van der Waals surface area contributed by atoms with Crippen LogP contribution in [0.2, 0.25) is 0 Å². The molecule has 3 aromatic rings. The highest BCUT2D eigenvalue weighted by atomic mass is 16.5. The Balaban J connectivity index is 1.13. The zero-order chi connectivity index (χ0) is 28.0. The third-order valence-electron chi connectivity index (χ3n) is 8.95. The highest BCUT2D eigenvalue weighted by molar-refractivity contribution is 5.74. The molecule has 4 rings (SSSR count). The number of rotatable bonds is 15. The van der Waals surface area contributed by atoms with Crippen molar-refractivity contribution in [3.05, 3.63) is 90.0 Å². The minimum Gasteiger partial charge on any atom is -0.426 e. The van der Waals surface area contributed by atoms with Crippen molar-refractivity contribution in [1.82, 2.24) is 0 Å². The Hall–Kier alpha value is -2.87. The molecule has 2 heteroatoms. The number of benzene rings is 3. The highest BCUT2D eigenvalue weighted by Crippen LogP contribution is 2.38. The lowest BCUT2D eigenvalue weighted by Crippen LogP contribution is -2.18. The number of carbonyl (C=O) groups excluding carboxylic acids is 1. The van der Waals surface area contributed by atoms with Gasteiger partial charge in [-0.05, 0) is 91.2 Å². The van der Waals surface area contributed by atoms with Gasteiger partial charge >= 0.3 is 5.97 Å². The molecule has 214 valence electrons. The molecule has 40 heavy (non-hydrogen) atoms. The van der Waals surface area contributed by atoms with E-state index >= 15 is 0 Å². The van der Waals surface area contributed by atoms with Gasteiger partial charge in [-0.1, -0.05) is 126 Å². The fourth-order valence-electron chi connectivity index (χ4n) is 6.25. The van der Waals surface area contributed by atoms with E-state index in [9.17, 15) is 4.79 Å². The minimum absolute atomic E-state index is 0.106. The fraction of sp³-hybridized carbons (Fsp3) is 0.500. The van der Waals surface area contributed by atoms with Crippen molar-refractivity contribution in [2.24, 2.45) is 11.8 Å². The minimum atomic E-state index is -0.123. The molecule has 0 amide bonds. The maximum atomic E-state index is 12.7. The predicted octanol–water partition coefficient (Wildman–Crippen LogP) is 10.9. The van der Waals surface area contributed by atoms with Gasteiger partial charge in [-0.15, -0.1) is 0 Å². The summed E-state index contributed by atoms with van der Waals surface area (Å²) in [7, 11) is 0. The number of esters is 1. The molecule has 0 radical (unpaired) electrons. The molecule has 0 spiro atoms. The van der Waals surface area contributed by atoms with Crippen LogP contribution < -0.4 is 4.74 Å². The number of aryl methyl sites for hydroxylation is 1. The second-order valence-corrected chi connectivity index (χ2v) is 12.1. The number of ether oxygens (including phenoxy) is 1. The van der Waals surface area contributed by atoms with E-state index in [4.69, 9.17) is 4.74 Å². The van der Waals surface area contributed by atoms with E-state index in [1.807, 2.05) is 25.1 Å². The third-order valence-corrected chi connectivity index (χ3v) is 8.95. The molecule has 0 saturated heterocycles. The first kappa shape index (κ1) is 30.1. The standard InChI is InChI=1S/C38H50O2/c1-3-4-5-6-7-9-14-31-18-24-35(25-19-31)36-26-28-37(29-27-36)40-38(39)30(2)13-12-15-32-20-22-34(23-21-32)33-16-10-8-11-17-33/h8,10-11,16-17,20-23,26-31,35H,3-7,9,12-15,18-19,24-25H2,1-2H3/t30?,31-,35-. The molecule has 0 N–H and O–H groups in total. The van der Waals surface area contributed by atoms with Crippen molar-refractivity contribution < 1.29 is 9.53 Å². The van der Waals surface area contributed by atoms with E-state index in [-0.39, 0.29) is 11.9 Å². The largest absolute Gasteiger partial charge is 0.426 e. The first-order valence-electron chi connectivity index (χ1n) is 16.1. The Bertz CT molecular complexity index is 1110. The average Bonchev–Trinajstić information content (AvgIpc) is 3.00. The second-order valence-electron chi connectivity index (χ2n) is 12.1. The molecule has 1 saturated carbocycles. The van der Waals surface area contributed by atoms with Gasteiger partial charge in [-0.25, -0.2) is 0 Å². The van der Waals surface area contributed by atoms with Crippen LogP contribution in [0.3, 0.4) is 0 Å². The van der Waals surface area contributed by atoms with Gasteiger partial charge in [0.1, 0.15) is 5.75 Å². The number of hydrogen-bond acceptors (Lipinski definition) is 2. The quantitative estimate of drug-likeness (QED) is 0.109. The van der Waals surface area contributed by atoms with Crippen LogP contribution in [-0.4, -0.2) is 5.97 Å². The zero-order valence-corrected chi connectivity index (χ0v) is 25.0. The zero-order valence-electron chi connectivity index (χ0n) is 25.0.